The molecule has 0 spiro atoms. The molecule has 2 atom stereocenters. The van der Waals surface area contributed by atoms with Gasteiger partial charge in [-0.05, 0) is 0 Å². The van der Waals surface area contributed by atoms with Gasteiger partial charge in [-0.15, -0.1) is 4.99 Å². The molecule has 0 aliphatic carbocycles. The van der Waals surface area contributed by atoms with Gasteiger partial charge in [-0.25, -0.2) is 4.79 Å². The summed E-state index contributed by atoms with van der Waals surface area (Å²) in [7, 11) is 2.87. The zero-order valence-corrected chi connectivity index (χ0v) is 7.22. The van der Waals surface area contributed by atoms with Crippen LogP contribution in [0.25, 0.3) is 0 Å². The summed E-state index contributed by atoms with van der Waals surface area (Å²) in [5.41, 5.74) is 0. The molecule has 1 rings (SSSR count). The van der Waals surface area contributed by atoms with E-state index < -0.39 is 12.7 Å². The Kier molecular flexibility index (Phi) is 3.45. The molecule has 0 N–H and O–H groups in total. The molecule has 0 fully saturated rings. The Morgan fingerprint density at radius 3 is 2.92 bits per heavy atom. The zero-order valence-electron chi connectivity index (χ0n) is 7.22. The average molecular weight is 187 g/mol. The maximum absolute atomic E-state index is 9.91. The van der Waals surface area contributed by atoms with Crippen molar-refractivity contribution in [3.63, 3.8) is 0 Å². The largest absolute Gasteiger partial charge is 0.469 e. The number of methoxy groups -OCH3 is 2. The fourth-order valence-corrected chi connectivity index (χ4v) is 0.771. The fourth-order valence-electron chi connectivity index (χ4n) is 0.771. The van der Waals surface area contributed by atoms with E-state index in [1.54, 1.807) is 0 Å². The quantitative estimate of drug-likeness (QED) is 0.463. The van der Waals surface area contributed by atoms with Gasteiger partial charge in [0.1, 0.15) is 0 Å². The minimum atomic E-state index is -1.05. The van der Waals surface area contributed by atoms with E-state index in [0.29, 0.717) is 0 Å². The van der Waals surface area contributed by atoms with Gasteiger partial charge >= 0.3 is 6.41 Å². The summed E-state index contributed by atoms with van der Waals surface area (Å²) in [5.74, 6) is 0.196. The second-order valence-corrected chi connectivity index (χ2v) is 2.08. The smallest absolute Gasteiger partial charge is 0.317 e. The Morgan fingerprint density at radius 1 is 1.62 bits per heavy atom. The average Bonchev–Trinajstić information content (AvgIpc) is 2.17. The molecule has 6 nitrogen and oxygen atoms in total. The van der Waals surface area contributed by atoms with Gasteiger partial charge in [-0.2, -0.15) is 0 Å². The van der Waals surface area contributed by atoms with Gasteiger partial charge in [0.15, 0.2) is 6.29 Å². The Balaban J connectivity index is 2.68. The molecule has 13 heavy (non-hydrogen) atoms. The Hall–Kier alpha value is -1.36. The molecule has 6 heteroatoms. The number of aliphatic imine (C=N–C) groups is 1. The van der Waals surface area contributed by atoms with Crippen molar-refractivity contribution >= 4 is 6.08 Å². The number of ether oxygens (including phenoxy) is 4. The highest BCUT2D eigenvalue weighted by atomic mass is 16.8. The van der Waals surface area contributed by atoms with Crippen LogP contribution in [0.2, 0.25) is 0 Å². The first kappa shape index (κ1) is 9.73. The number of hydrogen-bond donors (Lipinski definition) is 0. The van der Waals surface area contributed by atoms with E-state index in [2.05, 4.69) is 4.99 Å². The van der Waals surface area contributed by atoms with Crippen LogP contribution in [0.1, 0.15) is 0 Å². The first-order valence-electron chi connectivity index (χ1n) is 3.48. The van der Waals surface area contributed by atoms with E-state index in [-0.39, 0.29) is 5.95 Å². The Labute approximate surface area is 74.7 Å². The van der Waals surface area contributed by atoms with Crippen molar-refractivity contribution in [2.24, 2.45) is 4.99 Å². The van der Waals surface area contributed by atoms with Crippen LogP contribution in [0, 0.1) is 0 Å². The van der Waals surface area contributed by atoms with E-state index in [4.69, 9.17) is 18.9 Å². The van der Waals surface area contributed by atoms with Crippen molar-refractivity contribution in [1.82, 2.24) is 0 Å². The van der Waals surface area contributed by atoms with Crippen LogP contribution in [-0.4, -0.2) is 33.0 Å². The highest BCUT2D eigenvalue weighted by molar-refractivity contribution is 5.32. The first-order valence-corrected chi connectivity index (χ1v) is 3.48. The lowest BCUT2D eigenvalue weighted by Gasteiger charge is -2.24. The molecule has 1 aliphatic rings. The molecule has 0 bridgehead atoms. The van der Waals surface area contributed by atoms with Crippen molar-refractivity contribution in [2.45, 2.75) is 12.7 Å². The van der Waals surface area contributed by atoms with Crippen LogP contribution in [-0.2, 0) is 23.7 Å². The number of isocyanates is 1. The van der Waals surface area contributed by atoms with E-state index >= 15 is 0 Å². The molecule has 0 saturated carbocycles. The van der Waals surface area contributed by atoms with Gasteiger partial charge in [0.25, 0.3) is 5.95 Å². The predicted molar refractivity (Wildman–Crippen MR) is 40.0 cm³/mol. The Bertz CT molecular complexity index is 245. The highest BCUT2D eigenvalue weighted by Gasteiger charge is 2.23. The van der Waals surface area contributed by atoms with Crippen LogP contribution in [0.5, 0.6) is 0 Å². The zero-order chi connectivity index (χ0) is 9.68. The van der Waals surface area contributed by atoms with Crippen LogP contribution >= 0.6 is 0 Å². The van der Waals surface area contributed by atoms with E-state index in [1.165, 1.54) is 26.4 Å². The number of hydrogen-bond acceptors (Lipinski definition) is 6. The highest BCUT2D eigenvalue weighted by Crippen LogP contribution is 2.17. The maximum atomic E-state index is 9.91. The standard InChI is InChI=1S/C7H9NO5/c1-10-5-3-6(11-2)13-7(12-5)8-4-9/h3,5,7H,1-2H3. The molecule has 72 valence electrons. The topological polar surface area (TPSA) is 66.3 Å². The summed E-state index contributed by atoms with van der Waals surface area (Å²) >= 11 is 0. The number of carbonyl (C=O) groups excluding carboxylic acids is 1. The summed E-state index contributed by atoms with van der Waals surface area (Å²) in [5, 5.41) is 0. The molecule has 0 saturated heterocycles. The van der Waals surface area contributed by atoms with Crippen molar-refractivity contribution in [1.29, 1.82) is 0 Å². The van der Waals surface area contributed by atoms with Crippen LogP contribution in [0.4, 0.5) is 0 Å². The van der Waals surface area contributed by atoms with Crippen LogP contribution in [0.15, 0.2) is 17.0 Å². The minimum absolute atomic E-state index is 0.196. The minimum Gasteiger partial charge on any atom is -0.469 e. The molecular formula is C7H9NO5. The van der Waals surface area contributed by atoms with Crippen molar-refractivity contribution < 1.29 is 23.7 Å². The van der Waals surface area contributed by atoms with Gasteiger partial charge in [0, 0.05) is 7.11 Å². The molecule has 1 heterocycles. The van der Waals surface area contributed by atoms with Gasteiger partial charge in [0.2, 0.25) is 6.08 Å². The van der Waals surface area contributed by atoms with Crippen molar-refractivity contribution in [3.05, 3.63) is 12.0 Å². The predicted octanol–water partition coefficient (Wildman–Crippen LogP) is 0.113. The third kappa shape index (κ3) is 2.55. The van der Waals surface area contributed by atoms with E-state index in [1.807, 2.05) is 0 Å². The lowest BCUT2D eigenvalue weighted by molar-refractivity contribution is -0.236. The van der Waals surface area contributed by atoms with Gasteiger partial charge in [-0.3, -0.25) is 4.74 Å². The summed E-state index contributed by atoms with van der Waals surface area (Å²) in [6.45, 7) is 0. The third-order valence-electron chi connectivity index (χ3n) is 1.33. The molecule has 1 aliphatic heterocycles. The summed E-state index contributed by atoms with van der Waals surface area (Å²) < 4.78 is 19.5. The number of nitrogens with zero attached hydrogens (tertiary/aromatic N) is 1. The Morgan fingerprint density at radius 2 is 2.38 bits per heavy atom. The molecule has 0 aromatic rings. The van der Waals surface area contributed by atoms with Gasteiger partial charge in [0.05, 0.1) is 13.2 Å². The van der Waals surface area contributed by atoms with Crippen molar-refractivity contribution in [3.8, 4) is 0 Å². The molecular weight excluding hydrogens is 178 g/mol. The van der Waals surface area contributed by atoms with E-state index in [9.17, 15) is 4.79 Å². The molecule has 0 amide bonds. The monoisotopic (exact) mass is 187 g/mol. The second-order valence-electron chi connectivity index (χ2n) is 2.08. The summed E-state index contributed by atoms with van der Waals surface area (Å²) in [6.07, 6.45) is 1.10. The van der Waals surface area contributed by atoms with E-state index in [0.717, 1.165) is 0 Å². The lowest BCUT2D eigenvalue weighted by atomic mass is 10.5. The van der Waals surface area contributed by atoms with Gasteiger partial charge in [-0.1, -0.05) is 0 Å². The normalized spacial score (nSPS) is 26.8. The maximum Gasteiger partial charge on any atom is 0.317 e. The summed E-state index contributed by atoms with van der Waals surface area (Å²) in [6, 6.07) is 0. The van der Waals surface area contributed by atoms with Gasteiger partial charge < -0.3 is 14.2 Å². The first-order chi connectivity index (χ1) is 6.30. The molecule has 0 radical (unpaired) electrons. The SMILES string of the molecule is COC1=CC(OC)OC(N=C=O)O1. The molecule has 0 aromatic carbocycles. The number of rotatable bonds is 3. The van der Waals surface area contributed by atoms with Crippen LogP contribution < -0.4 is 0 Å². The lowest BCUT2D eigenvalue weighted by Crippen LogP contribution is -2.28. The fraction of sp³-hybridized carbons (Fsp3) is 0.571. The molecule has 0 aromatic heterocycles. The van der Waals surface area contributed by atoms with Crippen LogP contribution in [0.3, 0.4) is 0 Å². The van der Waals surface area contributed by atoms with Crippen molar-refractivity contribution in [2.75, 3.05) is 14.2 Å². The summed E-state index contributed by atoms with van der Waals surface area (Å²) in [4.78, 5) is 13.1. The third-order valence-corrected chi connectivity index (χ3v) is 1.33. The second kappa shape index (κ2) is 4.61. The molecule has 2 unspecified atom stereocenters.